The van der Waals surface area contributed by atoms with Crippen LogP contribution in [0, 0.1) is 5.82 Å². The molecule has 118 valence electrons. The van der Waals surface area contributed by atoms with E-state index in [0.29, 0.717) is 17.1 Å². The van der Waals surface area contributed by atoms with Crippen LogP contribution in [0.25, 0.3) is 11.0 Å². The first-order valence-corrected chi connectivity index (χ1v) is 7.07. The van der Waals surface area contributed by atoms with Crippen molar-refractivity contribution in [3.63, 3.8) is 0 Å². The maximum Gasteiger partial charge on any atom is 0.225 e. The summed E-state index contributed by atoms with van der Waals surface area (Å²) in [5, 5.41) is 3.33. The van der Waals surface area contributed by atoms with Crippen LogP contribution in [-0.4, -0.2) is 22.4 Å². The molecule has 0 fully saturated rings. The lowest BCUT2D eigenvalue weighted by Gasteiger charge is -2.10. The van der Waals surface area contributed by atoms with Crippen molar-refractivity contribution in [2.75, 3.05) is 11.9 Å². The number of aromatic amines is 1. The molecular weight excluding hydrogens is 299 g/mol. The Labute approximate surface area is 131 Å². The summed E-state index contributed by atoms with van der Waals surface area (Å²) in [6.07, 6.45) is 3.49. The van der Waals surface area contributed by atoms with E-state index in [1.165, 1.54) is 12.1 Å². The second-order valence-corrected chi connectivity index (χ2v) is 4.88. The minimum absolute atomic E-state index is 0.0653. The molecule has 2 aromatic heterocycles. The molecule has 7 heteroatoms. The first-order chi connectivity index (χ1) is 11.2. The Kier molecular flexibility index (Phi) is 4.20. The highest BCUT2D eigenvalue weighted by molar-refractivity contribution is 5.90. The number of nitrogens with zero attached hydrogens (tertiary/aromatic N) is 1. The van der Waals surface area contributed by atoms with Crippen LogP contribution in [0.4, 0.5) is 10.1 Å². The maximum atomic E-state index is 14.2. The summed E-state index contributed by atoms with van der Waals surface area (Å²) in [5.41, 5.74) is 6.31. The summed E-state index contributed by atoms with van der Waals surface area (Å²) >= 11 is 0. The molecule has 0 spiro atoms. The zero-order valence-corrected chi connectivity index (χ0v) is 12.2. The third kappa shape index (κ3) is 3.29. The molecule has 4 N–H and O–H groups in total. The zero-order chi connectivity index (χ0) is 16.2. The Hall–Kier alpha value is -2.93. The minimum Gasteiger partial charge on any atom is -0.453 e. The molecule has 0 aliphatic carbocycles. The number of nitrogens with one attached hydrogen (secondary N) is 2. The van der Waals surface area contributed by atoms with Gasteiger partial charge in [0.15, 0.2) is 11.6 Å². The Morgan fingerprint density at radius 2 is 2.17 bits per heavy atom. The molecule has 0 bridgehead atoms. The van der Waals surface area contributed by atoms with E-state index < -0.39 is 5.82 Å². The molecule has 3 aromatic rings. The van der Waals surface area contributed by atoms with E-state index in [4.69, 9.17) is 10.5 Å². The average Bonchev–Trinajstić information content (AvgIpc) is 2.99. The van der Waals surface area contributed by atoms with Gasteiger partial charge in [-0.05, 0) is 24.3 Å². The first-order valence-electron chi connectivity index (χ1n) is 7.07. The number of rotatable bonds is 5. The minimum atomic E-state index is -0.573. The van der Waals surface area contributed by atoms with Crippen molar-refractivity contribution in [3.8, 4) is 11.5 Å². The van der Waals surface area contributed by atoms with Crippen LogP contribution in [0.2, 0.25) is 0 Å². The Morgan fingerprint density at radius 1 is 1.30 bits per heavy atom. The fourth-order valence-corrected chi connectivity index (χ4v) is 2.16. The third-order valence-electron chi connectivity index (χ3n) is 3.23. The summed E-state index contributed by atoms with van der Waals surface area (Å²) in [6, 6.07) is 7.71. The number of carbonyl (C=O) groups is 1. The van der Waals surface area contributed by atoms with Crippen molar-refractivity contribution in [1.82, 2.24) is 9.97 Å². The van der Waals surface area contributed by atoms with Gasteiger partial charge < -0.3 is 20.8 Å². The van der Waals surface area contributed by atoms with Crippen LogP contribution in [-0.2, 0) is 4.79 Å². The number of halogens is 1. The zero-order valence-electron chi connectivity index (χ0n) is 12.2. The number of fused-ring (bicyclic) bond motifs is 1. The lowest BCUT2D eigenvalue weighted by molar-refractivity contribution is -0.116. The topological polar surface area (TPSA) is 93.0 Å². The Morgan fingerprint density at radius 3 is 2.96 bits per heavy atom. The summed E-state index contributed by atoms with van der Waals surface area (Å²) in [4.78, 5) is 18.6. The van der Waals surface area contributed by atoms with Gasteiger partial charge in [0.25, 0.3) is 0 Å². The SMILES string of the molecule is NCCC(=O)Nc1ccc(Oc2ccnc3[nH]ccc23)c(F)c1. The smallest absolute Gasteiger partial charge is 0.225 e. The van der Waals surface area contributed by atoms with E-state index in [9.17, 15) is 9.18 Å². The number of benzene rings is 1. The van der Waals surface area contributed by atoms with Crippen LogP contribution in [0.15, 0.2) is 42.7 Å². The fourth-order valence-electron chi connectivity index (χ4n) is 2.16. The summed E-state index contributed by atoms with van der Waals surface area (Å²) in [6.45, 7) is 0.240. The number of amides is 1. The molecule has 1 aromatic carbocycles. The molecular formula is C16H15FN4O2. The van der Waals surface area contributed by atoms with E-state index in [1.807, 2.05) is 0 Å². The number of hydrogen-bond acceptors (Lipinski definition) is 4. The predicted octanol–water partition coefficient (Wildman–Crippen LogP) is 2.78. The van der Waals surface area contributed by atoms with Gasteiger partial charge in [-0.1, -0.05) is 0 Å². The van der Waals surface area contributed by atoms with Crippen LogP contribution in [0.5, 0.6) is 11.5 Å². The summed E-state index contributed by atoms with van der Waals surface area (Å²) in [5.74, 6) is -0.273. The van der Waals surface area contributed by atoms with Gasteiger partial charge in [0.05, 0.1) is 5.39 Å². The second kappa shape index (κ2) is 6.45. The molecule has 6 nitrogen and oxygen atoms in total. The van der Waals surface area contributed by atoms with Crippen molar-refractivity contribution < 1.29 is 13.9 Å². The van der Waals surface area contributed by atoms with E-state index in [1.54, 1.807) is 30.6 Å². The highest BCUT2D eigenvalue weighted by Crippen LogP contribution is 2.30. The third-order valence-corrected chi connectivity index (χ3v) is 3.23. The Balaban J connectivity index is 1.81. The second-order valence-electron chi connectivity index (χ2n) is 4.88. The number of carbonyl (C=O) groups excluding carboxylic acids is 1. The van der Waals surface area contributed by atoms with Crippen molar-refractivity contribution in [3.05, 3.63) is 48.5 Å². The van der Waals surface area contributed by atoms with Crippen LogP contribution in [0.1, 0.15) is 6.42 Å². The molecule has 3 rings (SSSR count). The van der Waals surface area contributed by atoms with Crippen LogP contribution in [0.3, 0.4) is 0 Å². The van der Waals surface area contributed by atoms with Crippen molar-refractivity contribution in [2.24, 2.45) is 5.73 Å². The molecule has 0 aliphatic rings. The lowest BCUT2D eigenvalue weighted by atomic mass is 10.2. The lowest BCUT2D eigenvalue weighted by Crippen LogP contribution is -2.16. The number of H-pyrrole nitrogens is 1. The molecule has 0 unspecified atom stereocenters. The number of hydrogen-bond donors (Lipinski definition) is 3. The van der Waals surface area contributed by atoms with E-state index in [2.05, 4.69) is 15.3 Å². The maximum absolute atomic E-state index is 14.2. The normalized spacial score (nSPS) is 10.7. The van der Waals surface area contributed by atoms with Crippen molar-refractivity contribution in [1.29, 1.82) is 0 Å². The monoisotopic (exact) mass is 314 g/mol. The first kappa shape index (κ1) is 15.0. The van der Waals surface area contributed by atoms with Gasteiger partial charge in [-0.15, -0.1) is 0 Å². The molecule has 0 aliphatic heterocycles. The van der Waals surface area contributed by atoms with Crippen LogP contribution >= 0.6 is 0 Å². The van der Waals surface area contributed by atoms with Gasteiger partial charge in [-0.3, -0.25) is 4.79 Å². The number of nitrogens with two attached hydrogens (primary N) is 1. The van der Waals surface area contributed by atoms with Gasteiger partial charge in [0, 0.05) is 37.1 Å². The number of pyridine rings is 1. The van der Waals surface area contributed by atoms with Crippen LogP contribution < -0.4 is 15.8 Å². The fraction of sp³-hybridized carbons (Fsp3) is 0.125. The highest BCUT2D eigenvalue weighted by atomic mass is 19.1. The van der Waals surface area contributed by atoms with Gasteiger partial charge >= 0.3 is 0 Å². The summed E-state index contributed by atoms with van der Waals surface area (Å²) < 4.78 is 19.8. The predicted molar refractivity (Wildman–Crippen MR) is 84.9 cm³/mol. The molecule has 23 heavy (non-hydrogen) atoms. The molecule has 1 amide bonds. The quantitative estimate of drug-likeness (QED) is 0.675. The number of anilines is 1. The van der Waals surface area contributed by atoms with E-state index in [-0.39, 0.29) is 24.6 Å². The highest BCUT2D eigenvalue weighted by Gasteiger charge is 2.10. The van der Waals surface area contributed by atoms with Crippen molar-refractivity contribution >= 4 is 22.6 Å². The number of ether oxygens (including phenoxy) is 1. The molecule has 2 heterocycles. The van der Waals surface area contributed by atoms with E-state index >= 15 is 0 Å². The van der Waals surface area contributed by atoms with Gasteiger partial charge in [0.1, 0.15) is 11.4 Å². The largest absolute Gasteiger partial charge is 0.453 e. The number of aromatic nitrogens is 2. The molecule has 0 atom stereocenters. The summed E-state index contributed by atoms with van der Waals surface area (Å²) in [7, 11) is 0. The van der Waals surface area contributed by atoms with Gasteiger partial charge in [0.2, 0.25) is 5.91 Å². The standard InChI is InChI=1S/C16H15FN4O2/c17-12-9-10(21-15(22)3-6-18)1-2-14(12)23-13-5-8-20-16-11(13)4-7-19-16/h1-2,4-5,7-9H,3,6,18H2,(H,19,20)(H,21,22). The molecule has 0 radical (unpaired) electrons. The van der Waals surface area contributed by atoms with Crippen molar-refractivity contribution in [2.45, 2.75) is 6.42 Å². The Bertz CT molecular complexity index is 847. The van der Waals surface area contributed by atoms with Gasteiger partial charge in [-0.2, -0.15) is 0 Å². The molecule has 0 saturated carbocycles. The van der Waals surface area contributed by atoms with Gasteiger partial charge in [-0.25, -0.2) is 9.37 Å². The molecule has 0 saturated heterocycles. The average molecular weight is 314 g/mol. The van der Waals surface area contributed by atoms with E-state index in [0.717, 1.165) is 5.39 Å².